The Balaban J connectivity index is 0.00000324. The minimum atomic E-state index is -4.49. The first-order valence-electron chi connectivity index (χ1n) is 5.05. The molecule has 0 aliphatic heterocycles. The van der Waals surface area contributed by atoms with Crippen LogP contribution in [0.1, 0.15) is 20.8 Å². The molecule has 0 aromatic heterocycles. The van der Waals surface area contributed by atoms with Gasteiger partial charge < -0.3 is 14.3 Å². The Bertz CT molecular complexity index is 431. The monoisotopic (exact) mass is 297 g/mol. The van der Waals surface area contributed by atoms with Crippen molar-refractivity contribution in [1.29, 1.82) is 0 Å². The number of rotatable bonds is 4. The zero-order valence-corrected chi connectivity index (χ0v) is 14.0. The van der Waals surface area contributed by atoms with E-state index in [0.29, 0.717) is 0 Å². The average Bonchev–Trinajstić information content (AvgIpc) is 2.13. The average molecular weight is 297 g/mol. The summed E-state index contributed by atoms with van der Waals surface area (Å²) in [6.45, 7) is 4.70. The predicted molar refractivity (Wildman–Crippen MR) is 61.5 cm³/mol. The number of nitro benzene ring substituents is 1. The topological polar surface area (TPSA) is 108 Å². The van der Waals surface area contributed by atoms with E-state index in [4.69, 9.17) is 4.52 Å². The molecule has 9 heteroatoms. The smallest absolute Gasteiger partial charge is 0.627 e. The van der Waals surface area contributed by atoms with Crippen LogP contribution in [-0.4, -0.2) is 10.5 Å². The van der Waals surface area contributed by atoms with E-state index in [2.05, 4.69) is 4.52 Å². The first-order valence-corrected chi connectivity index (χ1v) is 6.51. The maximum atomic E-state index is 11.5. The van der Waals surface area contributed by atoms with Crippen LogP contribution in [0, 0.1) is 10.1 Å². The third-order valence-corrected chi connectivity index (χ3v) is 2.86. The van der Waals surface area contributed by atoms with Crippen molar-refractivity contribution in [3.8, 4) is 5.75 Å². The molecule has 0 N–H and O–H groups in total. The number of nitro groups is 1. The van der Waals surface area contributed by atoms with Crippen molar-refractivity contribution < 1.29 is 53.3 Å². The molecule has 0 spiro atoms. The number of phosphoric acid groups is 1. The fraction of sp³-hybridized carbons (Fsp3) is 0.400. The maximum absolute atomic E-state index is 11.5. The van der Waals surface area contributed by atoms with E-state index < -0.39 is 18.7 Å². The molecule has 0 saturated carbocycles. The van der Waals surface area contributed by atoms with Crippen LogP contribution in [0.15, 0.2) is 24.3 Å². The molecular formula is C10H13NNaO6P. The molecule has 100 valence electrons. The third-order valence-electron chi connectivity index (χ3n) is 1.65. The maximum Gasteiger partial charge on any atom is 1.00 e. The molecule has 0 aliphatic carbocycles. The molecule has 0 radical (unpaired) electrons. The van der Waals surface area contributed by atoms with E-state index in [1.54, 1.807) is 20.8 Å². The Morgan fingerprint density at radius 3 is 2.00 bits per heavy atom. The molecule has 0 aliphatic rings. The predicted octanol–water partition coefficient (Wildman–Crippen LogP) is -1.81. The van der Waals surface area contributed by atoms with Crippen molar-refractivity contribution >= 4 is 13.9 Å². The summed E-state index contributed by atoms with van der Waals surface area (Å²) < 4.78 is 9.42. The summed E-state index contributed by atoms with van der Waals surface area (Å²) in [5, 5.41) is 10.4. The van der Waals surface area contributed by atoms with Gasteiger partial charge in [-0.25, -0.2) is 4.52 Å². The Morgan fingerprint density at radius 1 is 1.16 bits per heavy atom. The van der Waals surface area contributed by atoms with Crippen LogP contribution in [0.3, 0.4) is 0 Å². The van der Waals surface area contributed by atoms with Crippen molar-refractivity contribution in [2.45, 2.75) is 26.4 Å². The van der Waals surface area contributed by atoms with E-state index in [-0.39, 0.29) is 41.0 Å². The molecule has 0 unspecified atom stereocenters. The minimum Gasteiger partial charge on any atom is -0.627 e. The summed E-state index contributed by atoms with van der Waals surface area (Å²) in [7, 11) is -4.49. The summed E-state index contributed by atoms with van der Waals surface area (Å²) in [6.07, 6.45) is 0. The minimum absolute atomic E-state index is 0. The van der Waals surface area contributed by atoms with Crippen LogP contribution in [0.4, 0.5) is 5.69 Å². The van der Waals surface area contributed by atoms with Crippen LogP contribution in [0.25, 0.3) is 0 Å². The van der Waals surface area contributed by atoms with Crippen LogP contribution in [0.5, 0.6) is 5.75 Å². The van der Waals surface area contributed by atoms with Gasteiger partial charge in [-0.3, -0.25) is 10.1 Å². The van der Waals surface area contributed by atoms with Gasteiger partial charge in [0.05, 0.1) is 4.92 Å². The van der Waals surface area contributed by atoms with Gasteiger partial charge >= 0.3 is 29.6 Å². The van der Waals surface area contributed by atoms with Gasteiger partial charge in [0, 0.05) is 12.1 Å². The van der Waals surface area contributed by atoms with Crippen molar-refractivity contribution in [3.63, 3.8) is 0 Å². The van der Waals surface area contributed by atoms with Crippen molar-refractivity contribution in [2.75, 3.05) is 0 Å². The first kappa shape index (κ1) is 18.7. The van der Waals surface area contributed by atoms with Crippen LogP contribution in [-0.2, 0) is 4.52 Å². The van der Waals surface area contributed by atoms with Crippen LogP contribution < -0.4 is 43.9 Å². The molecule has 0 fully saturated rings. The SMILES string of the molecule is CC(C)(C)O[P+]([O-])([O-])Oc1ccc([N+](=O)[O-])cc1.[Na+]. The number of benzene rings is 1. The third kappa shape index (κ3) is 7.17. The van der Waals surface area contributed by atoms with Crippen molar-refractivity contribution in [2.24, 2.45) is 0 Å². The second kappa shape index (κ2) is 6.95. The number of hydrogen-bond acceptors (Lipinski definition) is 6. The van der Waals surface area contributed by atoms with Gasteiger partial charge in [-0.05, 0) is 32.9 Å². The second-order valence-corrected chi connectivity index (χ2v) is 5.75. The van der Waals surface area contributed by atoms with E-state index >= 15 is 0 Å². The van der Waals surface area contributed by atoms with Crippen LogP contribution in [0.2, 0.25) is 0 Å². The Morgan fingerprint density at radius 2 is 1.63 bits per heavy atom. The quantitative estimate of drug-likeness (QED) is 0.280. The van der Waals surface area contributed by atoms with Gasteiger partial charge in [-0.1, -0.05) is 0 Å². The summed E-state index contributed by atoms with van der Waals surface area (Å²) in [5.41, 5.74) is -1.06. The van der Waals surface area contributed by atoms with Gasteiger partial charge in [0.15, 0.2) is 5.75 Å². The summed E-state index contributed by atoms with van der Waals surface area (Å²) in [5.74, 6) is -0.0387. The Kier molecular flexibility index (Phi) is 6.85. The van der Waals surface area contributed by atoms with Gasteiger partial charge in [-0.2, -0.15) is 0 Å². The van der Waals surface area contributed by atoms with Crippen molar-refractivity contribution in [1.82, 2.24) is 0 Å². The summed E-state index contributed by atoms with van der Waals surface area (Å²) in [4.78, 5) is 32.8. The summed E-state index contributed by atoms with van der Waals surface area (Å²) >= 11 is 0. The molecular weight excluding hydrogens is 284 g/mol. The molecule has 1 rings (SSSR count). The zero-order chi connectivity index (χ0) is 14.0. The first-order chi connectivity index (χ1) is 8.09. The van der Waals surface area contributed by atoms with Gasteiger partial charge in [-0.15, -0.1) is 0 Å². The fourth-order valence-corrected chi connectivity index (χ4v) is 2.20. The molecule has 1 aromatic carbocycles. The van der Waals surface area contributed by atoms with Crippen molar-refractivity contribution in [3.05, 3.63) is 34.4 Å². The Labute approximate surface area is 133 Å². The summed E-state index contributed by atoms with van der Waals surface area (Å²) in [6, 6.07) is 4.67. The fourth-order valence-electron chi connectivity index (χ4n) is 1.11. The van der Waals surface area contributed by atoms with Gasteiger partial charge in [0.1, 0.15) is 5.60 Å². The number of non-ortho nitro benzene ring substituents is 1. The normalized spacial score (nSPS) is 11.6. The molecule has 7 nitrogen and oxygen atoms in total. The van der Waals surface area contributed by atoms with E-state index in [9.17, 15) is 19.9 Å². The molecule has 0 amide bonds. The largest absolute Gasteiger partial charge is 1.00 e. The molecule has 1 aromatic rings. The number of phosphoric ester groups is 1. The molecule has 0 bridgehead atoms. The van der Waals surface area contributed by atoms with E-state index in [1.807, 2.05) is 0 Å². The second-order valence-electron chi connectivity index (χ2n) is 4.49. The number of hydrogen-bond donors (Lipinski definition) is 0. The van der Waals surface area contributed by atoms with E-state index in [0.717, 1.165) is 12.1 Å². The standard InChI is InChI=1S/C10H14NO6P.Na/c1-10(2,3)17-18(14,15)16-9-6-4-8(5-7-9)11(12)13;/h4-7H,1-3H3,(H,14,15);/q;+1/p-1. The van der Waals surface area contributed by atoms with Gasteiger partial charge in [0.2, 0.25) is 8.17 Å². The molecule has 0 heterocycles. The molecule has 0 atom stereocenters. The van der Waals surface area contributed by atoms with E-state index in [1.165, 1.54) is 12.1 Å². The zero-order valence-electron chi connectivity index (χ0n) is 11.2. The molecule has 0 saturated heterocycles. The van der Waals surface area contributed by atoms with Gasteiger partial charge in [0.25, 0.3) is 5.69 Å². The number of nitrogens with zero attached hydrogens (tertiary/aromatic N) is 1. The molecule has 19 heavy (non-hydrogen) atoms. The van der Waals surface area contributed by atoms with Crippen LogP contribution >= 0.6 is 8.17 Å². The Hall–Kier alpha value is -0.270.